The summed E-state index contributed by atoms with van der Waals surface area (Å²) in [5.74, 6) is 0.490. The second-order valence-electron chi connectivity index (χ2n) is 8.08. The molecule has 0 unspecified atom stereocenters. The van der Waals surface area contributed by atoms with Crippen LogP contribution in [0.5, 0.6) is 11.5 Å². The Morgan fingerprint density at radius 3 is 2.23 bits per heavy atom. The second-order valence-corrected chi connectivity index (χ2v) is 8.52. The number of nitrogens with zero attached hydrogens (tertiary/aromatic N) is 1. The fraction of sp³-hybridized carbons (Fsp3) is 0.286. The van der Waals surface area contributed by atoms with Gasteiger partial charge in [0, 0.05) is 24.5 Å². The van der Waals surface area contributed by atoms with Crippen molar-refractivity contribution >= 4 is 23.4 Å². The van der Waals surface area contributed by atoms with Crippen LogP contribution < -0.4 is 14.8 Å². The van der Waals surface area contributed by atoms with Gasteiger partial charge in [0.1, 0.15) is 6.04 Å². The molecule has 0 bridgehead atoms. The number of methoxy groups -OCH3 is 1. The number of benzene rings is 3. The van der Waals surface area contributed by atoms with E-state index in [0.717, 1.165) is 17.5 Å². The first-order chi connectivity index (χ1) is 17.0. The summed E-state index contributed by atoms with van der Waals surface area (Å²) in [6.45, 7) is 2.53. The average Bonchev–Trinajstić information content (AvgIpc) is 2.89. The molecule has 0 aliphatic carbocycles. The third-order valence-corrected chi connectivity index (χ3v) is 5.76. The lowest BCUT2D eigenvalue weighted by atomic mass is 10.0. The van der Waals surface area contributed by atoms with Crippen LogP contribution in [0.1, 0.15) is 24.5 Å². The molecule has 6 nitrogen and oxygen atoms in total. The van der Waals surface area contributed by atoms with Crippen LogP contribution in [-0.2, 0) is 22.6 Å². The Morgan fingerprint density at radius 2 is 1.57 bits per heavy atom. The van der Waals surface area contributed by atoms with Crippen molar-refractivity contribution in [3.63, 3.8) is 0 Å². The molecule has 1 atom stereocenters. The minimum absolute atomic E-state index is 0.199. The van der Waals surface area contributed by atoms with E-state index in [4.69, 9.17) is 21.1 Å². The van der Waals surface area contributed by atoms with Crippen LogP contribution in [0.3, 0.4) is 0 Å². The molecule has 0 heterocycles. The molecule has 0 saturated heterocycles. The average molecular weight is 495 g/mol. The normalized spacial score (nSPS) is 11.4. The molecule has 0 spiro atoms. The van der Waals surface area contributed by atoms with Gasteiger partial charge in [-0.05, 0) is 41.8 Å². The molecule has 0 aromatic heterocycles. The Hall–Kier alpha value is -3.51. The van der Waals surface area contributed by atoms with Crippen LogP contribution >= 0.6 is 11.6 Å². The van der Waals surface area contributed by atoms with Crippen LogP contribution in [0.15, 0.2) is 78.9 Å². The minimum Gasteiger partial charge on any atom is -0.493 e. The van der Waals surface area contributed by atoms with Gasteiger partial charge in [-0.25, -0.2) is 0 Å². The number of halogens is 1. The van der Waals surface area contributed by atoms with Crippen LogP contribution in [0.25, 0.3) is 0 Å². The molecular formula is C28H31ClN2O4. The van der Waals surface area contributed by atoms with E-state index in [0.29, 0.717) is 29.5 Å². The Bertz CT molecular complexity index is 1090. The Balaban J connectivity index is 1.89. The predicted molar refractivity (Wildman–Crippen MR) is 138 cm³/mol. The molecule has 0 aliphatic heterocycles. The van der Waals surface area contributed by atoms with E-state index < -0.39 is 6.04 Å². The van der Waals surface area contributed by atoms with Gasteiger partial charge in [0.05, 0.1) is 7.11 Å². The first kappa shape index (κ1) is 26.1. The number of carbonyl (C=O) groups excluding carboxylic acids is 2. The fourth-order valence-corrected chi connectivity index (χ4v) is 3.79. The van der Waals surface area contributed by atoms with E-state index in [-0.39, 0.29) is 25.0 Å². The molecule has 0 radical (unpaired) electrons. The van der Waals surface area contributed by atoms with E-state index in [2.05, 4.69) is 5.32 Å². The van der Waals surface area contributed by atoms with E-state index >= 15 is 0 Å². The highest BCUT2D eigenvalue weighted by Gasteiger charge is 2.30. The summed E-state index contributed by atoms with van der Waals surface area (Å²) in [4.78, 5) is 28.4. The number of para-hydroxylation sites is 2. The van der Waals surface area contributed by atoms with Crippen molar-refractivity contribution in [2.75, 3.05) is 20.3 Å². The standard InChI is InChI=1S/C28H31ClN2O4/c1-3-17-30-28(33)24(18-21-9-5-4-6-10-21)31(19-22-13-15-23(29)16-14-22)27(32)20-35-26-12-8-7-11-25(26)34-2/h4-16,24H,3,17-20H2,1-2H3,(H,30,33)/t24-/m0/s1. The van der Waals surface area contributed by atoms with Crippen LogP contribution in [0, 0.1) is 0 Å². The molecular weight excluding hydrogens is 464 g/mol. The van der Waals surface area contributed by atoms with Gasteiger partial charge in [-0.1, -0.05) is 73.1 Å². The van der Waals surface area contributed by atoms with Gasteiger partial charge in [-0.3, -0.25) is 9.59 Å². The first-order valence-electron chi connectivity index (χ1n) is 11.6. The summed E-state index contributed by atoms with van der Waals surface area (Å²) in [5.41, 5.74) is 1.82. The first-order valence-corrected chi connectivity index (χ1v) is 12.0. The largest absolute Gasteiger partial charge is 0.493 e. The number of hydrogen-bond donors (Lipinski definition) is 1. The molecule has 1 N–H and O–H groups in total. The molecule has 3 aromatic carbocycles. The summed E-state index contributed by atoms with van der Waals surface area (Å²) in [6.07, 6.45) is 1.18. The Kier molecular flexibility index (Phi) is 9.99. The zero-order valence-corrected chi connectivity index (χ0v) is 20.8. The molecule has 0 saturated carbocycles. The third kappa shape index (κ3) is 7.76. The summed E-state index contributed by atoms with van der Waals surface area (Å²) in [7, 11) is 1.55. The van der Waals surface area contributed by atoms with E-state index in [1.807, 2.05) is 61.5 Å². The number of amides is 2. The molecule has 2 amide bonds. The van der Waals surface area contributed by atoms with Crippen molar-refractivity contribution in [1.29, 1.82) is 0 Å². The number of nitrogens with one attached hydrogen (secondary N) is 1. The molecule has 184 valence electrons. The van der Waals surface area contributed by atoms with Gasteiger partial charge in [0.15, 0.2) is 18.1 Å². The minimum atomic E-state index is -0.714. The number of ether oxygens (including phenoxy) is 2. The molecule has 0 aliphatic rings. The van der Waals surface area contributed by atoms with E-state index in [1.54, 1.807) is 36.3 Å². The highest BCUT2D eigenvalue weighted by atomic mass is 35.5. The fourth-order valence-electron chi connectivity index (χ4n) is 3.67. The van der Waals surface area contributed by atoms with Crippen LogP contribution in [0.2, 0.25) is 5.02 Å². The monoisotopic (exact) mass is 494 g/mol. The van der Waals surface area contributed by atoms with Crippen LogP contribution in [0.4, 0.5) is 0 Å². The second kappa shape index (κ2) is 13.4. The van der Waals surface area contributed by atoms with Gasteiger partial charge in [-0.15, -0.1) is 0 Å². The lowest BCUT2D eigenvalue weighted by Crippen LogP contribution is -2.51. The number of hydrogen-bond acceptors (Lipinski definition) is 4. The van der Waals surface area contributed by atoms with Gasteiger partial charge in [0.25, 0.3) is 5.91 Å². The van der Waals surface area contributed by atoms with Crippen molar-refractivity contribution in [1.82, 2.24) is 10.2 Å². The molecule has 7 heteroatoms. The van der Waals surface area contributed by atoms with Crippen molar-refractivity contribution in [3.05, 3.63) is 95.0 Å². The highest BCUT2D eigenvalue weighted by Crippen LogP contribution is 2.26. The van der Waals surface area contributed by atoms with Crippen molar-refractivity contribution in [3.8, 4) is 11.5 Å². The van der Waals surface area contributed by atoms with E-state index in [9.17, 15) is 9.59 Å². The van der Waals surface area contributed by atoms with Crippen molar-refractivity contribution in [2.45, 2.75) is 32.4 Å². The third-order valence-electron chi connectivity index (χ3n) is 5.51. The maximum atomic E-state index is 13.6. The lowest BCUT2D eigenvalue weighted by Gasteiger charge is -2.31. The Morgan fingerprint density at radius 1 is 0.914 bits per heavy atom. The summed E-state index contributed by atoms with van der Waals surface area (Å²) in [6, 6.07) is 23.4. The maximum absolute atomic E-state index is 13.6. The van der Waals surface area contributed by atoms with Gasteiger partial charge in [0.2, 0.25) is 5.91 Å². The van der Waals surface area contributed by atoms with Crippen LogP contribution in [-0.4, -0.2) is 43.0 Å². The number of carbonyl (C=O) groups is 2. The van der Waals surface area contributed by atoms with E-state index in [1.165, 1.54) is 0 Å². The molecule has 3 rings (SSSR count). The maximum Gasteiger partial charge on any atom is 0.261 e. The van der Waals surface area contributed by atoms with Crippen molar-refractivity contribution in [2.24, 2.45) is 0 Å². The molecule has 0 fully saturated rings. The quantitative estimate of drug-likeness (QED) is 0.389. The zero-order valence-electron chi connectivity index (χ0n) is 20.1. The van der Waals surface area contributed by atoms with Gasteiger partial charge < -0.3 is 19.7 Å². The molecule has 35 heavy (non-hydrogen) atoms. The summed E-state index contributed by atoms with van der Waals surface area (Å²) < 4.78 is 11.1. The smallest absolute Gasteiger partial charge is 0.261 e. The zero-order chi connectivity index (χ0) is 25.0. The lowest BCUT2D eigenvalue weighted by molar-refractivity contribution is -0.142. The predicted octanol–water partition coefficient (Wildman–Crippen LogP) is 4.89. The SMILES string of the molecule is CCCNC(=O)[C@H](Cc1ccccc1)N(Cc1ccc(Cl)cc1)C(=O)COc1ccccc1OC. The summed E-state index contributed by atoms with van der Waals surface area (Å²) in [5, 5.41) is 3.56. The molecule has 3 aromatic rings. The number of rotatable bonds is 12. The summed E-state index contributed by atoms with van der Waals surface area (Å²) >= 11 is 6.06. The Labute approximate surface area is 211 Å². The van der Waals surface area contributed by atoms with Crippen molar-refractivity contribution < 1.29 is 19.1 Å². The highest BCUT2D eigenvalue weighted by molar-refractivity contribution is 6.30. The van der Waals surface area contributed by atoms with Gasteiger partial charge in [-0.2, -0.15) is 0 Å². The topological polar surface area (TPSA) is 67.9 Å². The van der Waals surface area contributed by atoms with Gasteiger partial charge >= 0.3 is 0 Å².